The van der Waals surface area contributed by atoms with Crippen molar-refractivity contribution in [2.24, 2.45) is 0 Å². The van der Waals surface area contributed by atoms with Crippen molar-refractivity contribution in [2.75, 3.05) is 49.5 Å². The highest BCUT2D eigenvalue weighted by atomic mass is 15.3. The molecule has 0 saturated carbocycles. The van der Waals surface area contributed by atoms with Crippen molar-refractivity contribution in [3.8, 4) is 0 Å². The van der Waals surface area contributed by atoms with Crippen LogP contribution >= 0.6 is 0 Å². The lowest BCUT2D eigenvalue weighted by Crippen LogP contribution is -2.33. The standard InChI is InChI=1S/C26H46N6/c1-2-3-4-5-6-7-10-16-31-19-14-22(21-31)28-26-29-24-13-15-27-20-23(24)25(30-26)32-17-11-8-9-12-18-32/h22,27H,2-21H2,1H3,(H,28,29,30). The van der Waals surface area contributed by atoms with Crippen molar-refractivity contribution in [1.82, 2.24) is 20.2 Å². The zero-order valence-corrected chi connectivity index (χ0v) is 20.5. The van der Waals surface area contributed by atoms with Gasteiger partial charge in [-0.25, -0.2) is 4.98 Å². The second-order valence-electron chi connectivity index (χ2n) is 10.2. The second-order valence-corrected chi connectivity index (χ2v) is 10.2. The van der Waals surface area contributed by atoms with E-state index in [-0.39, 0.29) is 0 Å². The first kappa shape index (κ1) is 23.7. The molecule has 1 aromatic rings. The van der Waals surface area contributed by atoms with Crippen molar-refractivity contribution >= 4 is 11.8 Å². The van der Waals surface area contributed by atoms with Gasteiger partial charge >= 0.3 is 0 Å². The van der Waals surface area contributed by atoms with Gasteiger partial charge in [-0.05, 0) is 32.2 Å². The average molecular weight is 443 g/mol. The van der Waals surface area contributed by atoms with E-state index in [0.29, 0.717) is 6.04 Å². The molecule has 0 radical (unpaired) electrons. The molecule has 0 spiro atoms. The lowest BCUT2D eigenvalue weighted by atomic mass is 10.1. The molecule has 32 heavy (non-hydrogen) atoms. The van der Waals surface area contributed by atoms with Crippen LogP contribution in [0.2, 0.25) is 0 Å². The molecule has 0 aromatic carbocycles. The Morgan fingerprint density at radius 3 is 2.53 bits per heavy atom. The van der Waals surface area contributed by atoms with E-state index < -0.39 is 0 Å². The maximum Gasteiger partial charge on any atom is 0.225 e. The van der Waals surface area contributed by atoms with Crippen LogP contribution < -0.4 is 15.5 Å². The number of nitrogens with zero attached hydrogens (tertiary/aromatic N) is 4. The second kappa shape index (κ2) is 12.7. The van der Waals surface area contributed by atoms with E-state index in [0.717, 1.165) is 45.1 Å². The third-order valence-corrected chi connectivity index (χ3v) is 7.50. The largest absolute Gasteiger partial charge is 0.356 e. The van der Waals surface area contributed by atoms with E-state index in [1.807, 2.05) is 0 Å². The topological polar surface area (TPSA) is 56.3 Å². The summed E-state index contributed by atoms with van der Waals surface area (Å²) in [7, 11) is 0. The maximum atomic E-state index is 5.10. The molecule has 3 aliphatic rings. The summed E-state index contributed by atoms with van der Waals surface area (Å²) in [6, 6.07) is 0.483. The summed E-state index contributed by atoms with van der Waals surface area (Å²) in [6.45, 7) is 10.1. The van der Waals surface area contributed by atoms with Crippen LogP contribution in [0, 0.1) is 0 Å². The number of aromatic nitrogens is 2. The predicted molar refractivity (Wildman–Crippen MR) is 135 cm³/mol. The van der Waals surface area contributed by atoms with Crippen molar-refractivity contribution in [1.29, 1.82) is 0 Å². The van der Waals surface area contributed by atoms with Gasteiger partial charge in [-0.3, -0.25) is 0 Å². The van der Waals surface area contributed by atoms with Gasteiger partial charge in [0.05, 0.1) is 5.69 Å². The molecule has 1 aromatic heterocycles. The molecule has 3 aliphatic heterocycles. The summed E-state index contributed by atoms with van der Waals surface area (Å²) in [4.78, 5) is 15.3. The fourth-order valence-electron chi connectivity index (χ4n) is 5.56. The number of nitrogens with one attached hydrogen (secondary N) is 2. The Morgan fingerprint density at radius 2 is 1.72 bits per heavy atom. The normalized spacial score (nSPS) is 22.0. The van der Waals surface area contributed by atoms with E-state index >= 15 is 0 Å². The molecular weight excluding hydrogens is 396 g/mol. The number of unbranched alkanes of at least 4 members (excludes halogenated alkanes) is 6. The Morgan fingerprint density at radius 1 is 0.938 bits per heavy atom. The summed E-state index contributed by atoms with van der Waals surface area (Å²) in [6.07, 6.45) is 17.2. The molecule has 6 nitrogen and oxygen atoms in total. The maximum absolute atomic E-state index is 5.10. The van der Waals surface area contributed by atoms with Crippen molar-refractivity contribution in [3.63, 3.8) is 0 Å². The summed E-state index contributed by atoms with van der Waals surface area (Å²) in [5.74, 6) is 2.07. The molecule has 4 heterocycles. The number of hydrogen-bond donors (Lipinski definition) is 2. The monoisotopic (exact) mass is 442 g/mol. The lowest BCUT2D eigenvalue weighted by molar-refractivity contribution is 0.325. The Hall–Kier alpha value is -1.40. The fourth-order valence-corrected chi connectivity index (χ4v) is 5.56. The highest BCUT2D eigenvalue weighted by Gasteiger charge is 2.26. The Kier molecular flexibility index (Phi) is 9.45. The highest BCUT2D eigenvalue weighted by molar-refractivity contribution is 5.54. The Bertz CT molecular complexity index is 685. The molecule has 180 valence electrons. The smallest absolute Gasteiger partial charge is 0.225 e. The summed E-state index contributed by atoms with van der Waals surface area (Å²) < 4.78 is 0. The van der Waals surface area contributed by atoms with E-state index in [9.17, 15) is 0 Å². The molecule has 2 N–H and O–H groups in total. The highest BCUT2D eigenvalue weighted by Crippen LogP contribution is 2.28. The molecule has 1 unspecified atom stereocenters. The minimum atomic E-state index is 0.483. The van der Waals surface area contributed by atoms with Gasteiger partial charge in [-0.15, -0.1) is 0 Å². The number of fused-ring (bicyclic) bond motifs is 1. The van der Waals surface area contributed by atoms with Crippen LogP contribution in [0.4, 0.5) is 11.8 Å². The Balaban J connectivity index is 1.30. The summed E-state index contributed by atoms with van der Waals surface area (Å²) in [5.41, 5.74) is 2.61. The molecule has 6 heteroatoms. The van der Waals surface area contributed by atoms with Gasteiger partial charge in [0.1, 0.15) is 5.82 Å². The summed E-state index contributed by atoms with van der Waals surface area (Å²) >= 11 is 0. The molecule has 0 amide bonds. The van der Waals surface area contributed by atoms with Crippen molar-refractivity contribution in [2.45, 2.75) is 103 Å². The zero-order chi connectivity index (χ0) is 22.0. The van der Waals surface area contributed by atoms with Crippen LogP contribution in [0.25, 0.3) is 0 Å². The number of anilines is 2. The van der Waals surface area contributed by atoms with Gasteiger partial charge in [0, 0.05) is 57.3 Å². The van der Waals surface area contributed by atoms with Crippen LogP contribution in [-0.2, 0) is 13.0 Å². The Labute approximate surface area is 196 Å². The first-order chi connectivity index (χ1) is 15.8. The molecule has 1 atom stereocenters. The molecule has 2 fully saturated rings. The molecular formula is C26H46N6. The quantitative estimate of drug-likeness (QED) is 0.483. The SMILES string of the molecule is CCCCCCCCCN1CCC(Nc2nc3c(c(N4CCCCCC4)n2)CNCC3)C1. The molecule has 2 saturated heterocycles. The van der Waals surface area contributed by atoms with Gasteiger partial charge in [0.2, 0.25) is 5.95 Å². The van der Waals surface area contributed by atoms with Gasteiger partial charge in [-0.1, -0.05) is 58.3 Å². The van der Waals surface area contributed by atoms with E-state index in [1.165, 1.54) is 107 Å². The first-order valence-corrected chi connectivity index (χ1v) is 13.7. The van der Waals surface area contributed by atoms with Gasteiger partial charge in [0.25, 0.3) is 0 Å². The number of rotatable bonds is 11. The third-order valence-electron chi connectivity index (χ3n) is 7.50. The minimum absolute atomic E-state index is 0.483. The summed E-state index contributed by atoms with van der Waals surface area (Å²) in [5, 5.41) is 7.27. The van der Waals surface area contributed by atoms with Crippen LogP contribution in [0.3, 0.4) is 0 Å². The number of likely N-dealkylation sites (tertiary alicyclic amines) is 1. The molecule has 0 bridgehead atoms. The van der Waals surface area contributed by atoms with E-state index in [2.05, 4.69) is 27.4 Å². The first-order valence-electron chi connectivity index (χ1n) is 13.7. The van der Waals surface area contributed by atoms with Gasteiger partial charge in [0.15, 0.2) is 0 Å². The molecule has 4 rings (SSSR count). The zero-order valence-electron chi connectivity index (χ0n) is 20.5. The average Bonchev–Trinajstić information content (AvgIpc) is 3.08. The molecule has 0 aliphatic carbocycles. The van der Waals surface area contributed by atoms with Crippen LogP contribution in [0.15, 0.2) is 0 Å². The lowest BCUT2D eigenvalue weighted by Gasteiger charge is -2.28. The van der Waals surface area contributed by atoms with Gasteiger partial charge in [-0.2, -0.15) is 4.98 Å². The van der Waals surface area contributed by atoms with E-state index in [1.54, 1.807) is 0 Å². The number of hydrogen-bond acceptors (Lipinski definition) is 6. The van der Waals surface area contributed by atoms with Crippen LogP contribution in [0.1, 0.15) is 95.2 Å². The fraction of sp³-hybridized carbons (Fsp3) is 0.846. The third kappa shape index (κ3) is 6.80. The predicted octanol–water partition coefficient (Wildman–Crippen LogP) is 4.74. The van der Waals surface area contributed by atoms with Gasteiger partial charge < -0.3 is 20.4 Å². The van der Waals surface area contributed by atoms with Crippen molar-refractivity contribution < 1.29 is 0 Å². The van der Waals surface area contributed by atoms with E-state index in [4.69, 9.17) is 9.97 Å². The van der Waals surface area contributed by atoms with Crippen molar-refractivity contribution in [3.05, 3.63) is 11.3 Å². The van der Waals surface area contributed by atoms with Crippen LogP contribution in [0.5, 0.6) is 0 Å². The van der Waals surface area contributed by atoms with Crippen LogP contribution in [-0.4, -0.2) is 60.2 Å². The minimum Gasteiger partial charge on any atom is -0.356 e.